The number of carbonyl (C=O) groups is 2. The Balaban J connectivity index is 1.76. The number of amides is 2. The third-order valence-electron chi connectivity index (χ3n) is 4.68. The van der Waals surface area contributed by atoms with Crippen molar-refractivity contribution in [1.29, 1.82) is 0 Å². The molecule has 1 saturated heterocycles. The van der Waals surface area contributed by atoms with E-state index in [0.29, 0.717) is 6.54 Å². The molecular weight excluding hydrogens is 222 g/mol. The summed E-state index contributed by atoms with van der Waals surface area (Å²) in [5, 5.41) is 0. The molecule has 3 rings (SSSR count). The van der Waals surface area contributed by atoms with Gasteiger partial charge in [-0.1, -0.05) is 13.8 Å². The van der Waals surface area contributed by atoms with Gasteiger partial charge >= 0.3 is 0 Å². The number of carbonyl (C=O) groups excluding carboxylic acids is 2. The van der Waals surface area contributed by atoms with Gasteiger partial charge in [0.05, 0.1) is 11.8 Å². The minimum absolute atomic E-state index is 0.0317. The number of fused-ring (bicyclic) bond motifs is 1. The minimum Gasteiger partial charge on any atom is -0.281 e. The Morgan fingerprint density at radius 3 is 2.12 bits per heavy atom. The molecule has 0 N–H and O–H groups in total. The van der Waals surface area contributed by atoms with Gasteiger partial charge in [0.25, 0.3) is 0 Å². The second-order valence-corrected chi connectivity index (χ2v) is 6.51. The van der Waals surface area contributed by atoms with Gasteiger partial charge in [0.1, 0.15) is 0 Å². The number of thiol groups is 1. The number of likely N-dealkylation sites (tertiary alicyclic amines) is 1. The SMILES string of the molecule is CC1(C)C2C(=O)N(CC3(CS)CC3)C(=O)C21. The Labute approximate surface area is 101 Å². The van der Waals surface area contributed by atoms with E-state index in [1.54, 1.807) is 0 Å². The van der Waals surface area contributed by atoms with Crippen molar-refractivity contribution < 1.29 is 9.59 Å². The van der Waals surface area contributed by atoms with E-state index in [2.05, 4.69) is 12.6 Å². The lowest BCUT2D eigenvalue weighted by Crippen LogP contribution is -2.40. The highest BCUT2D eigenvalue weighted by molar-refractivity contribution is 7.80. The van der Waals surface area contributed by atoms with Crippen LogP contribution in [0.15, 0.2) is 0 Å². The molecule has 2 amide bonds. The number of hydrogen-bond donors (Lipinski definition) is 1. The maximum atomic E-state index is 12.1. The fourth-order valence-corrected chi connectivity index (χ4v) is 3.45. The molecule has 0 radical (unpaired) electrons. The van der Waals surface area contributed by atoms with E-state index in [1.165, 1.54) is 4.90 Å². The van der Waals surface area contributed by atoms with Gasteiger partial charge in [-0.2, -0.15) is 12.6 Å². The first-order valence-corrected chi connectivity index (χ1v) is 6.52. The van der Waals surface area contributed by atoms with Crippen LogP contribution in [-0.2, 0) is 9.59 Å². The Hall–Kier alpha value is -0.510. The lowest BCUT2D eigenvalue weighted by molar-refractivity contribution is -0.143. The van der Waals surface area contributed by atoms with Gasteiger partial charge < -0.3 is 0 Å². The average Bonchev–Trinajstić information content (AvgIpc) is 3.07. The fourth-order valence-electron chi connectivity index (χ4n) is 3.04. The van der Waals surface area contributed by atoms with Crippen LogP contribution in [0.4, 0.5) is 0 Å². The van der Waals surface area contributed by atoms with Gasteiger partial charge in [0, 0.05) is 6.54 Å². The van der Waals surface area contributed by atoms with E-state index < -0.39 is 0 Å². The Bertz CT molecular complexity index is 362. The van der Waals surface area contributed by atoms with Crippen molar-refractivity contribution in [3.8, 4) is 0 Å². The van der Waals surface area contributed by atoms with Crippen LogP contribution in [0.5, 0.6) is 0 Å². The van der Waals surface area contributed by atoms with Gasteiger partial charge in [-0.25, -0.2) is 0 Å². The zero-order chi connectivity index (χ0) is 11.7. The van der Waals surface area contributed by atoms with Crippen LogP contribution in [0.1, 0.15) is 26.7 Å². The third kappa shape index (κ3) is 1.17. The van der Waals surface area contributed by atoms with E-state index in [9.17, 15) is 9.59 Å². The largest absolute Gasteiger partial charge is 0.281 e. The van der Waals surface area contributed by atoms with Crippen molar-refractivity contribution in [2.45, 2.75) is 26.7 Å². The van der Waals surface area contributed by atoms with Crippen LogP contribution < -0.4 is 0 Å². The number of piperidine rings is 1. The summed E-state index contributed by atoms with van der Waals surface area (Å²) in [7, 11) is 0. The molecule has 16 heavy (non-hydrogen) atoms. The lowest BCUT2D eigenvalue weighted by atomic mass is 10.0. The van der Waals surface area contributed by atoms with Crippen LogP contribution in [0.25, 0.3) is 0 Å². The molecule has 0 aromatic rings. The molecule has 3 fully saturated rings. The minimum atomic E-state index is -0.0810. The van der Waals surface area contributed by atoms with E-state index in [-0.39, 0.29) is 34.5 Å². The molecule has 88 valence electrons. The summed E-state index contributed by atoms with van der Waals surface area (Å²) in [6, 6.07) is 0. The van der Waals surface area contributed by atoms with Crippen molar-refractivity contribution in [2.75, 3.05) is 12.3 Å². The molecule has 3 aliphatic rings. The van der Waals surface area contributed by atoms with Crippen LogP contribution in [-0.4, -0.2) is 29.0 Å². The van der Waals surface area contributed by atoms with Crippen molar-refractivity contribution in [1.82, 2.24) is 4.90 Å². The first-order chi connectivity index (χ1) is 7.43. The van der Waals surface area contributed by atoms with Gasteiger partial charge in [-0.15, -0.1) is 0 Å². The van der Waals surface area contributed by atoms with E-state index in [1.807, 2.05) is 13.8 Å². The van der Waals surface area contributed by atoms with Crippen molar-refractivity contribution in [3.63, 3.8) is 0 Å². The normalized spacial score (nSPS) is 37.6. The molecule has 1 heterocycles. The first kappa shape index (κ1) is 10.6. The van der Waals surface area contributed by atoms with Crippen molar-refractivity contribution >= 4 is 24.4 Å². The van der Waals surface area contributed by atoms with Crippen LogP contribution in [0.2, 0.25) is 0 Å². The highest BCUT2D eigenvalue weighted by Gasteiger charge is 2.72. The molecule has 2 unspecified atom stereocenters. The van der Waals surface area contributed by atoms with E-state index in [4.69, 9.17) is 0 Å². The standard InChI is InChI=1S/C12H17NO2S/c1-11(2)7-8(11)10(15)13(9(7)14)5-12(6-16)3-4-12/h7-8,16H,3-6H2,1-2H3. The zero-order valence-electron chi connectivity index (χ0n) is 9.69. The maximum absolute atomic E-state index is 12.1. The summed E-state index contributed by atoms with van der Waals surface area (Å²) < 4.78 is 0. The smallest absolute Gasteiger partial charge is 0.233 e. The quantitative estimate of drug-likeness (QED) is 0.596. The van der Waals surface area contributed by atoms with Crippen LogP contribution in [0, 0.1) is 22.7 Å². The highest BCUT2D eigenvalue weighted by atomic mass is 32.1. The average molecular weight is 239 g/mol. The second kappa shape index (κ2) is 2.84. The summed E-state index contributed by atoms with van der Waals surface area (Å²) in [4.78, 5) is 25.7. The number of nitrogens with zero attached hydrogens (tertiary/aromatic N) is 1. The molecule has 0 bridgehead atoms. The number of rotatable bonds is 3. The fraction of sp³-hybridized carbons (Fsp3) is 0.833. The monoisotopic (exact) mass is 239 g/mol. The summed E-state index contributed by atoms with van der Waals surface area (Å²) in [5.74, 6) is 0.843. The molecule has 2 aliphatic carbocycles. The zero-order valence-corrected chi connectivity index (χ0v) is 10.6. The Morgan fingerprint density at radius 1 is 1.25 bits per heavy atom. The molecule has 2 atom stereocenters. The second-order valence-electron chi connectivity index (χ2n) is 6.20. The van der Waals surface area contributed by atoms with Crippen molar-refractivity contribution in [3.05, 3.63) is 0 Å². The predicted molar refractivity (Wildman–Crippen MR) is 63.0 cm³/mol. The van der Waals surface area contributed by atoms with Gasteiger partial charge in [-0.05, 0) is 29.4 Å². The summed E-state index contributed by atoms with van der Waals surface area (Å²) in [5.41, 5.74) is 0.0672. The number of imide groups is 1. The molecule has 4 heteroatoms. The van der Waals surface area contributed by atoms with E-state index in [0.717, 1.165) is 18.6 Å². The van der Waals surface area contributed by atoms with Gasteiger partial charge in [0.15, 0.2) is 0 Å². The van der Waals surface area contributed by atoms with Gasteiger partial charge in [-0.3, -0.25) is 14.5 Å². The van der Waals surface area contributed by atoms with E-state index >= 15 is 0 Å². The highest BCUT2D eigenvalue weighted by Crippen LogP contribution is 2.64. The molecule has 3 nitrogen and oxygen atoms in total. The molecule has 1 aliphatic heterocycles. The van der Waals surface area contributed by atoms with Gasteiger partial charge in [0.2, 0.25) is 11.8 Å². The molecule has 2 saturated carbocycles. The van der Waals surface area contributed by atoms with Crippen LogP contribution >= 0.6 is 12.6 Å². The summed E-state index contributed by atoms with van der Waals surface area (Å²) in [6.45, 7) is 4.64. The molecular formula is C12H17NO2S. The predicted octanol–water partition coefficient (Wildman–Crippen LogP) is 1.34. The topological polar surface area (TPSA) is 37.4 Å². The summed E-state index contributed by atoms with van der Waals surface area (Å²) in [6.07, 6.45) is 2.21. The Morgan fingerprint density at radius 2 is 1.75 bits per heavy atom. The third-order valence-corrected chi connectivity index (χ3v) is 5.35. The molecule has 0 spiro atoms. The summed E-state index contributed by atoms with van der Waals surface area (Å²) >= 11 is 4.31. The lowest BCUT2D eigenvalue weighted by Gasteiger charge is -2.24. The molecule has 0 aromatic carbocycles. The van der Waals surface area contributed by atoms with Crippen LogP contribution in [0.3, 0.4) is 0 Å². The maximum Gasteiger partial charge on any atom is 0.233 e. The molecule has 0 aromatic heterocycles. The number of hydrogen-bond acceptors (Lipinski definition) is 3. The first-order valence-electron chi connectivity index (χ1n) is 5.89. The Kier molecular flexibility index (Phi) is 1.88. The van der Waals surface area contributed by atoms with Crippen molar-refractivity contribution in [2.24, 2.45) is 22.7 Å².